The van der Waals surface area contributed by atoms with Gasteiger partial charge in [0, 0.05) is 23.8 Å². The Labute approximate surface area is 265 Å². The third-order valence-electron chi connectivity index (χ3n) is 11.2. The number of carbonyl (C=O) groups is 4. The second kappa shape index (κ2) is 13.5. The number of carboxylic acids is 1. The van der Waals surface area contributed by atoms with Gasteiger partial charge in [-0.05, 0) is 74.2 Å². The number of aliphatic hydroxyl groups is 1. The number of esters is 1. The molecule has 0 aromatic rings. The molecule has 14 heteroatoms. The fourth-order valence-corrected chi connectivity index (χ4v) is 9.55. The molecule has 4 fully saturated rings. The Bertz CT molecular complexity index is 1230. The summed E-state index contributed by atoms with van der Waals surface area (Å²) in [5.74, 6) is -6.41. The summed E-state index contributed by atoms with van der Waals surface area (Å²) in [6, 6.07) is -1.14. The lowest BCUT2D eigenvalue weighted by Gasteiger charge is -2.63. The molecule has 7 unspecified atom stereocenters. The number of halogens is 3. The Morgan fingerprint density at radius 1 is 1.17 bits per heavy atom. The quantitative estimate of drug-likeness (QED) is 0.201. The number of hydrogen-bond acceptors (Lipinski definition) is 9. The molecule has 1 amide bonds. The van der Waals surface area contributed by atoms with Gasteiger partial charge in [0.1, 0.15) is 12.1 Å². The lowest BCUT2D eigenvalue weighted by molar-refractivity contribution is -0.243. The first kappa shape index (κ1) is 34.8. The zero-order valence-electron chi connectivity index (χ0n) is 26.2. The highest BCUT2D eigenvalue weighted by atomic mass is 19.4. The number of rotatable bonds is 10. The van der Waals surface area contributed by atoms with E-state index in [4.69, 9.17) is 25.1 Å². The zero-order chi connectivity index (χ0) is 33.6. The molecule has 1 heterocycles. The van der Waals surface area contributed by atoms with E-state index in [9.17, 15) is 37.5 Å². The lowest BCUT2D eigenvalue weighted by Crippen LogP contribution is -2.64. The van der Waals surface area contributed by atoms with Crippen molar-refractivity contribution in [1.29, 1.82) is 0 Å². The van der Waals surface area contributed by atoms with Gasteiger partial charge in [-0.3, -0.25) is 14.4 Å². The summed E-state index contributed by atoms with van der Waals surface area (Å²) in [7, 11) is 0. The zero-order valence-corrected chi connectivity index (χ0v) is 26.2. The van der Waals surface area contributed by atoms with E-state index in [2.05, 4.69) is 5.32 Å². The molecule has 1 saturated heterocycles. The number of carboxylic acid groups (broad SMARTS) is 1. The molecule has 0 radical (unpaired) electrons. The van der Waals surface area contributed by atoms with Crippen molar-refractivity contribution < 1.29 is 56.8 Å². The van der Waals surface area contributed by atoms with Gasteiger partial charge in [0.15, 0.2) is 5.78 Å². The Morgan fingerprint density at radius 2 is 1.91 bits per heavy atom. The number of aliphatic carboxylic acids is 1. The van der Waals surface area contributed by atoms with Crippen LogP contribution in [0.25, 0.3) is 0 Å². The van der Waals surface area contributed by atoms with Crippen LogP contribution in [0.4, 0.5) is 13.2 Å². The van der Waals surface area contributed by atoms with E-state index >= 15 is 0 Å². The number of allylic oxidation sites excluding steroid dienone is 1. The van der Waals surface area contributed by atoms with Gasteiger partial charge < -0.3 is 35.5 Å². The molecule has 3 saturated carbocycles. The van der Waals surface area contributed by atoms with E-state index in [-0.39, 0.29) is 68.2 Å². The molecule has 11 atom stereocenters. The predicted molar refractivity (Wildman–Crippen MR) is 155 cm³/mol. The van der Waals surface area contributed by atoms with E-state index in [1.54, 1.807) is 6.08 Å². The number of carbonyl (C=O) groups excluding carboxylic acids is 3. The van der Waals surface area contributed by atoms with Gasteiger partial charge in [0.2, 0.25) is 5.91 Å². The molecular formula is C32H45F3N2O9. The molecule has 5 aliphatic rings. The number of ether oxygens (including phenoxy) is 3. The van der Waals surface area contributed by atoms with Gasteiger partial charge >= 0.3 is 18.1 Å². The van der Waals surface area contributed by atoms with Gasteiger partial charge in [-0.1, -0.05) is 19.4 Å². The van der Waals surface area contributed by atoms with E-state index in [1.165, 1.54) is 0 Å². The summed E-state index contributed by atoms with van der Waals surface area (Å²) >= 11 is 0. The number of ketones is 1. The van der Waals surface area contributed by atoms with Crippen LogP contribution in [0.2, 0.25) is 0 Å². The second-order valence-corrected chi connectivity index (χ2v) is 14.2. The third kappa shape index (κ3) is 6.46. The van der Waals surface area contributed by atoms with Crippen molar-refractivity contribution in [3.63, 3.8) is 0 Å². The highest BCUT2D eigenvalue weighted by molar-refractivity contribution is 5.97. The molecule has 11 nitrogen and oxygen atoms in total. The van der Waals surface area contributed by atoms with Crippen molar-refractivity contribution in [2.24, 2.45) is 58.5 Å². The SMILES string of the molecule is CC(C)CC1CCC2C3CCC4C5COC[C@@]4(C[C@@H](OC(=O)C(F)(F)F)[C@@H]5OCCNC(=O)[C@H](N)CO)C3=CC(=O)C2C1C(=O)O. The second-order valence-electron chi connectivity index (χ2n) is 14.2. The molecule has 258 valence electrons. The van der Waals surface area contributed by atoms with Crippen LogP contribution in [0.3, 0.4) is 0 Å². The molecule has 0 spiro atoms. The van der Waals surface area contributed by atoms with Gasteiger partial charge in [-0.2, -0.15) is 13.2 Å². The topological polar surface area (TPSA) is 174 Å². The Hall–Kier alpha value is -2.55. The first-order chi connectivity index (χ1) is 21.7. The molecule has 1 aliphatic heterocycles. The van der Waals surface area contributed by atoms with Crippen LogP contribution in [0.15, 0.2) is 11.6 Å². The molecule has 2 bridgehead atoms. The minimum atomic E-state index is -5.23. The number of nitrogens with two attached hydrogens (primary N) is 1. The average molecular weight is 659 g/mol. The van der Waals surface area contributed by atoms with Crippen molar-refractivity contribution in [1.82, 2.24) is 5.32 Å². The number of aliphatic hydroxyl groups excluding tert-OH is 1. The number of fused-ring (bicyclic) bond motifs is 3. The van der Waals surface area contributed by atoms with Crippen LogP contribution in [-0.4, -0.2) is 91.2 Å². The average Bonchev–Trinajstić information content (AvgIpc) is 2.98. The van der Waals surface area contributed by atoms with Crippen LogP contribution in [0, 0.1) is 52.8 Å². The first-order valence-corrected chi connectivity index (χ1v) is 16.3. The summed E-state index contributed by atoms with van der Waals surface area (Å²) < 4.78 is 57.6. The smallest absolute Gasteiger partial charge is 0.481 e. The molecule has 4 aliphatic carbocycles. The number of nitrogens with one attached hydrogen (secondary N) is 1. The van der Waals surface area contributed by atoms with Crippen molar-refractivity contribution in [3.05, 3.63) is 11.6 Å². The van der Waals surface area contributed by atoms with Crippen molar-refractivity contribution in [3.8, 4) is 0 Å². The third-order valence-corrected chi connectivity index (χ3v) is 11.2. The van der Waals surface area contributed by atoms with Crippen LogP contribution in [0.1, 0.15) is 52.4 Å². The first-order valence-electron chi connectivity index (χ1n) is 16.3. The lowest BCUT2D eigenvalue weighted by atomic mass is 9.45. The molecular weight excluding hydrogens is 613 g/mol. The van der Waals surface area contributed by atoms with E-state index in [1.807, 2.05) is 13.8 Å². The Balaban J connectivity index is 1.44. The highest BCUT2D eigenvalue weighted by Gasteiger charge is 2.64. The molecule has 0 aromatic carbocycles. The van der Waals surface area contributed by atoms with Gasteiger partial charge in [0.25, 0.3) is 0 Å². The fraction of sp³-hybridized carbons (Fsp3) is 0.812. The summed E-state index contributed by atoms with van der Waals surface area (Å²) in [6.45, 7) is 3.64. The summed E-state index contributed by atoms with van der Waals surface area (Å²) in [4.78, 5) is 50.6. The van der Waals surface area contributed by atoms with Gasteiger partial charge in [0.05, 0.1) is 38.4 Å². The van der Waals surface area contributed by atoms with Crippen LogP contribution in [-0.2, 0) is 33.4 Å². The summed E-state index contributed by atoms with van der Waals surface area (Å²) in [5, 5.41) is 21.9. The number of hydrogen-bond donors (Lipinski definition) is 4. The molecule has 46 heavy (non-hydrogen) atoms. The van der Waals surface area contributed by atoms with Crippen LogP contribution in [0.5, 0.6) is 0 Å². The standard InChI is InChI=1S/C32H45F3N2O9/c1-15(2)9-16-3-4-18-17-5-6-20-19-13-44-14-31(20,21(17)10-23(39)26(18)25(16)29(41)42)11-24(46-30(43)32(33,34)35)27(19)45-8-7-37-28(40)22(36)12-38/h10,15-20,22,24-27,38H,3-9,11-14,36H2,1-2H3,(H,37,40)(H,41,42)/t16?,17?,18?,19?,20?,22-,24-,25?,26?,27-,31-/m1/s1. The fourth-order valence-electron chi connectivity index (χ4n) is 9.55. The minimum absolute atomic E-state index is 0.0420. The number of alkyl halides is 3. The maximum Gasteiger partial charge on any atom is 0.490 e. The van der Waals surface area contributed by atoms with Crippen molar-refractivity contribution in [2.45, 2.75) is 76.8 Å². The van der Waals surface area contributed by atoms with Crippen molar-refractivity contribution >= 4 is 23.6 Å². The van der Waals surface area contributed by atoms with E-state index in [0.717, 1.165) is 5.57 Å². The summed E-state index contributed by atoms with van der Waals surface area (Å²) in [6.07, 6.45) is -2.56. The Morgan fingerprint density at radius 3 is 2.57 bits per heavy atom. The van der Waals surface area contributed by atoms with Crippen LogP contribution < -0.4 is 11.1 Å². The molecule has 5 rings (SSSR count). The minimum Gasteiger partial charge on any atom is -0.481 e. The van der Waals surface area contributed by atoms with E-state index < -0.39 is 72.0 Å². The van der Waals surface area contributed by atoms with Gasteiger partial charge in [-0.15, -0.1) is 0 Å². The van der Waals surface area contributed by atoms with E-state index in [0.29, 0.717) is 32.1 Å². The maximum atomic E-state index is 13.9. The molecule has 0 aromatic heterocycles. The summed E-state index contributed by atoms with van der Waals surface area (Å²) in [5.41, 5.74) is 5.41. The monoisotopic (exact) mass is 658 g/mol. The van der Waals surface area contributed by atoms with Crippen LogP contribution >= 0.6 is 0 Å². The normalized spacial score (nSPS) is 37.7. The Kier molecular flexibility index (Phi) is 10.2. The maximum absolute atomic E-state index is 13.9. The molecule has 5 N–H and O–H groups in total. The number of amides is 1. The van der Waals surface area contributed by atoms with Crippen molar-refractivity contribution in [2.75, 3.05) is 33.0 Å². The van der Waals surface area contributed by atoms with Gasteiger partial charge in [-0.25, -0.2) is 4.79 Å². The highest BCUT2D eigenvalue weighted by Crippen LogP contribution is 2.64. The largest absolute Gasteiger partial charge is 0.490 e. The predicted octanol–water partition coefficient (Wildman–Crippen LogP) is 2.24.